The van der Waals surface area contributed by atoms with Crippen molar-refractivity contribution in [3.05, 3.63) is 69.0 Å². The first-order valence-corrected chi connectivity index (χ1v) is 10.7. The highest BCUT2D eigenvalue weighted by molar-refractivity contribution is 9.10. The van der Waals surface area contributed by atoms with Gasteiger partial charge in [-0.05, 0) is 60.5 Å². The Morgan fingerprint density at radius 2 is 1.88 bits per heavy atom. The predicted molar refractivity (Wildman–Crippen MR) is 124 cm³/mol. The van der Waals surface area contributed by atoms with Crippen LogP contribution in [0.4, 0.5) is 10.5 Å². The van der Waals surface area contributed by atoms with Crippen LogP contribution >= 0.6 is 27.5 Å². The Hall–Kier alpha value is -3.24. The van der Waals surface area contributed by atoms with E-state index in [-0.39, 0.29) is 34.0 Å². The molecule has 9 nitrogen and oxygen atoms in total. The van der Waals surface area contributed by atoms with Crippen molar-refractivity contribution in [3.8, 4) is 5.82 Å². The van der Waals surface area contributed by atoms with E-state index in [0.29, 0.717) is 15.9 Å². The lowest BCUT2D eigenvalue weighted by Gasteiger charge is -2.15. The molecule has 0 aliphatic heterocycles. The highest BCUT2D eigenvalue weighted by Gasteiger charge is 2.22. The molecule has 0 saturated heterocycles. The second-order valence-corrected chi connectivity index (χ2v) is 8.33. The number of rotatable bonds is 5. The third kappa shape index (κ3) is 5.32. The summed E-state index contributed by atoms with van der Waals surface area (Å²) in [6.45, 7) is 5.42. The fourth-order valence-electron chi connectivity index (χ4n) is 2.88. The van der Waals surface area contributed by atoms with Gasteiger partial charge in [0.15, 0.2) is 5.82 Å². The smallest absolute Gasteiger partial charge is 0.326 e. The van der Waals surface area contributed by atoms with E-state index < -0.39 is 11.9 Å². The molecule has 0 unspecified atom stereocenters. The van der Waals surface area contributed by atoms with Crippen LogP contribution in [0.15, 0.2) is 47.2 Å². The molecular formula is C21H20BrClN6O3. The predicted octanol–water partition coefficient (Wildman–Crippen LogP) is 4.09. The first-order chi connectivity index (χ1) is 15.2. The Kier molecular flexibility index (Phi) is 7.26. The van der Waals surface area contributed by atoms with Crippen LogP contribution in [-0.4, -0.2) is 38.7 Å². The number of imide groups is 1. The van der Waals surface area contributed by atoms with Crippen LogP contribution in [0, 0.1) is 6.92 Å². The molecule has 166 valence electrons. The molecule has 0 aliphatic rings. The van der Waals surface area contributed by atoms with Gasteiger partial charge in [0.2, 0.25) is 0 Å². The first-order valence-electron chi connectivity index (χ1n) is 9.56. The number of hydrogen-bond donors (Lipinski definition) is 3. The molecule has 32 heavy (non-hydrogen) atoms. The molecule has 1 aromatic carbocycles. The van der Waals surface area contributed by atoms with Gasteiger partial charge in [0.25, 0.3) is 11.8 Å². The third-order valence-corrected chi connectivity index (χ3v) is 4.94. The molecule has 0 atom stereocenters. The number of carbonyl (C=O) groups is 3. The van der Waals surface area contributed by atoms with Crippen LogP contribution in [-0.2, 0) is 0 Å². The number of halogens is 2. The number of hydrogen-bond acceptors (Lipinski definition) is 5. The topological polar surface area (TPSA) is 118 Å². The van der Waals surface area contributed by atoms with Crippen LogP contribution in [0.5, 0.6) is 0 Å². The molecule has 11 heteroatoms. The maximum atomic E-state index is 12.8. The van der Waals surface area contributed by atoms with Crippen molar-refractivity contribution in [3.63, 3.8) is 0 Å². The number of nitrogens with one attached hydrogen (secondary N) is 3. The zero-order valence-electron chi connectivity index (χ0n) is 17.4. The summed E-state index contributed by atoms with van der Waals surface area (Å²) in [4.78, 5) is 42.1. The number of anilines is 1. The van der Waals surface area contributed by atoms with Crippen LogP contribution in [0.2, 0.25) is 5.02 Å². The monoisotopic (exact) mass is 518 g/mol. The number of benzene rings is 1. The Bertz CT molecular complexity index is 1190. The molecule has 3 rings (SSSR count). The van der Waals surface area contributed by atoms with E-state index in [4.69, 9.17) is 11.6 Å². The van der Waals surface area contributed by atoms with Crippen molar-refractivity contribution in [2.24, 2.45) is 0 Å². The number of para-hydroxylation sites is 1. The van der Waals surface area contributed by atoms with E-state index in [2.05, 4.69) is 42.0 Å². The molecule has 0 bridgehead atoms. The Balaban J connectivity index is 1.83. The van der Waals surface area contributed by atoms with E-state index in [0.717, 1.165) is 0 Å². The first kappa shape index (κ1) is 23.4. The minimum atomic E-state index is -0.807. The Morgan fingerprint density at radius 3 is 2.56 bits per heavy atom. The number of carbonyl (C=O) groups excluding carboxylic acids is 3. The molecule has 0 saturated carbocycles. The molecule has 0 aliphatic carbocycles. The van der Waals surface area contributed by atoms with Gasteiger partial charge in [-0.25, -0.2) is 14.5 Å². The highest BCUT2D eigenvalue weighted by atomic mass is 79.9. The van der Waals surface area contributed by atoms with Crippen LogP contribution < -0.4 is 16.0 Å². The van der Waals surface area contributed by atoms with Crippen LogP contribution in [0.1, 0.15) is 40.3 Å². The van der Waals surface area contributed by atoms with Gasteiger partial charge in [-0.1, -0.05) is 23.7 Å². The molecule has 0 fully saturated rings. The van der Waals surface area contributed by atoms with Crippen molar-refractivity contribution in [1.29, 1.82) is 0 Å². The van der Waals surface area contributed by atoms with Gasteiger partial charge in [-0.15, -0.1) is 0 Å². The number of urea groups is 1. The summed E-state index contributed by atoms with van der Waals surface area (Å²) in [5.74, 6) is -0.835. The van der Waals surface area contributed by atoms with Gasteiger partial charge < -0.3 is 10.6 Å². The Labute approximate surface area is 197 Å². The molecule has 3 aromatic rings. The largest absolute Gasteiger partial charge is 0.350 e. The number of aryl methyl sites for hydroxylation is 1. The van der Waals surface area contributed by atoms with Crippen molar-refractivity contribution in [2.75, 3.05) is 5.32 Å². The van der Waals surface area contributed by atoms with Crippen molar-refractivity contribution in [1.82, 2.24) is 25.4 Å². The number of nitrogens with zero attached hydrogens (tertiary/aromatic N) is 3. The summed E-state index contributed by atoms with van der Waals surface area (Å²) < 4.78 is 1.58. The zero-order chi connectivity index (χ0) is 23.4. The Morgan fingerprint density at radius 1 is 1.12 bits per heavy atom. The fourth-order valence-corrected chi connectivity index (χ4v) is 3.46. The maximum absolute atomic E-state index is 12.8. The maximum Gasteiger partial charge on any atom is 0.326 e. The minimum absolute atomic E-state index is 0.0372. The number of aromatic nitrogens is 3. The number of amides is 4. The van der Waals surface area contributed by atoms with Crippen molar-refractivity contribution < 1.29 is 14.4 Å². The van der Waals surface area contributed by atoms with Gasteiger partial charge >= 0.3 is 6.03 Å². The quantitative estimate of drug-likeness (QED) is 0.469. The van der Waals surface area contributed by atoms with Gasteiger partial charge in [-0.3, -0.25) is 14.9 Å². The summed E-state index contributed by atoms with van der Waals surface area (Å²) in [6, 6.07) is 8.86. The van der Waals surface area contributed by atoms with Gasteiger partial charge in [-0.2, -0.15) is 5.10 Å². The molecule has 2 aromatic heterocycles. The van der Waals surface area contributed by atoms with Crippen LogP contribution in [0.25, 0.3) is 5.82 Å². The molecule has 3 N–H and O–H groups in total. The van der Waals surface area contributed by atoms with E-state index in [1.165, 1.54) is 16.9 Å². The average molecular weight is 520 g/mol. The van der Waals surface area contributed by atoms with Crippen LogP contribution in [0.3, 0.4) is 0 Å². The summed E-state index contributed by atoms with van der Waals surface area (Å²) in [6.07, 6.45) is 1.51. The average Bonchev–Trinajstić information content (AvgIpc) is 3.11. The van der Waals surface area contributed by atoms with E-state index >= 15 is 0 Å². The second-order valence-electron chi connectivity index (χ2n) is 7.11. The summed E-state index contributed by atoms with van der Waals surface area (Å²) >= 11 is 9.39. The fraction of sp³-hybridized carbons (Fsp3) is 0.190. The standard InChI is InChI=1S/C21H20BrClN6O3/c1-11(2)25-19(30)13-7-4-6-12(3)17(13)26-21(32)27-20(31)15-10-16(22)28-29(15)18-14(23)8-5-9-24-18/h4-11H,1-3H3,(H,25,30)(H2,26,27,31,32). The minimum Gasteiger partial charge on any atom is -0.350 e. The van der Waals surface area contributed by atoms with Crippen molar-refractivity contribution in [2.45, 2.75) is 26.8 Å². The molecule has 2 heterocycles. The van der Waals surface area contributed by atoms with E-state index in [1.54, 1.807) is 37.3 Å². The van der Waals surface area contributed by atoms with Crippen molar-refractivity contribution >= 4 is 51.1 Å². The highest BCUT2D eigenvalue weighted by Crippen LogP contribution is 2.22. The lowest BCUT2D eigenvalue weighted by molar-refractivity contribution is 0.0941. The SMILES string of the molecule is Cc1cccc(C(=O)NC(C)C)c1NC(=O)NC(=O)c1cc(Br)nn1-c1ncccc1Cl. The molecular weight excluding hydrogens is 500 g/mol. The molecule has 0 spiro atoms. The lowest BCUT2D eigenvalue weighted by atomic mass is 10.1. The van der Waals surface area contributed by atoms with E-state index in [9.17, 15) is 14.4 Å². The second kappa shape index (κ2) is 9.92. The summed E-state index contributed by atoms with van der Waals surface area (Å²) in [5.41, 5.74) is 1.29. The van der Waals surface area contributed by atoms with Gasteiger partial charge in [0.1, 0.15) is 10.3 Å². The molecule has 0 radical (unpaired) electrons. The lowest BCUT2D eigenvalue weighted by Crippen LogP contribution is -2.37. The zero-order valence-corrected chi connectivity index (χ0v) is 19.8. The molecule has 4 amide bonds. The normalized spacial score (nSPS) is 10.7. The van der Waals surface area contributed by atoms with E-state index in [1.807, 2.05) is 13.8 Å². The number of pyridine rings is 1. The van der Waals surface area contributed by atoms with Gasteiger partial charge in [0, 0.05) is 18.3 Å². The summed E-state index contributed by atoms with van der Waals surface area (Å²) in [7, 11) is 0. The summed E-state index contributed by atoms with van der Waals surface area (Å²) in [5, 5.41) is 12.1. The van der Waals surface area contributed by atoms with Gasteiger partial charge in [0.05, 0.1) is 16.3 Å². The third-order valence-electron chi connectivity index (χ3n) is 4.25.